The molecule has 1 N–H and O–H groups in total. The molecule has 1 unspecified atom stereocenters. The highest BCUT2D eigenvalue weighted by Crippen LogP contribution is 2.32. The van der Waals surface area contributed by atoms with E-state index < -0.39 is 0 Å². The minimum absolute atomic E-state index is 0.00722. The second kappa shape index (κ2) is 5.79. The van der Waals surface area contributed by atoms with Gasteiger partial charge in [-0.1, -0.05) is 12.1 Å². The molecule has 0 bridgehead atoms. The number of carbonyl (C=O) groups excluding carboxylic acids is 1. The first-order chi connectivity index (χ1) is 11.1. The number of nitrogens with one attached hydrogen (secondary N) is 1. The van der Waals surface area contributed by atoms with E-state index in [-0.39, 0.29) is 11.9 Å². The van der Waals surface area contributed by atoms with Gasteiger partial charge in [0.1, 0.15) is 9.65 Å². The monoisotopic (exact) mass is 390 g/mol. The van der Waals surface area contributed by atoms with Gasteiger partial charge in [-0.3, -0.25) is 9.79 Å². The predicted octanol–water partition coefficient (Wildman–Crippen LogP) is 2.87. The van der Waals surface area contributed by atoms with Gasteiger partial charge in [0.25, 0.3) is 5.91 Å². The fourth-order valence-electron chi connectivity index (χ4n) is 2.74. The molecule has 1 amide bonds. The molecule has 2 aliphatic heterocycles. The molecule has 0 radical (unpaired) electrons. The number of amidine groups is 1. The van der Waals surface area contributed by atoms with Crippen LogP contribution in [0.3, 0.4) is 0 Å². The maximum atomic E-state index is 12.1. The van der Waals surface area contributed by atoms with Gasteiger partial charge in [-0.05, 0) is 46.5 Å². The Labute approximate surface area is 148 Å². The topological polar surface area (TPSA) is 57.1 Å². The van der Waals surface area contributed by atoms with Gasteiger partial charge in [0.2, 0.25) is 0 Å². The van der Waals surface area contributed by atoms with Gasteiger partial charge in [0.05, 0.1) is 12.6 Å². The lowest BCUT2D eigenvalue weighted by molar-refractivity contribution is 0.0951. The minimum Gasteiger partial charge on any atom is -0.349 e. The van der Waals surface area contributed by atoms with Crippen molar-refractivity contribution in [2.75, 3.05) is 6.54 Å². The molecule has 0 aromatic heterocycles. The molecule has 4 rings (SSSR count). The van der Waals surface area contributed by atoms with Crippen molar-refractivity contribution in [3.05, 3.63) is 46.2 Å². The van der Waals surface area contributed by atoms with Crippen LogP contribution in [-0.2, 0) is 0 Å². The van der Waals surface area contributed by atoms with Gasteiger partial charge in [-0.25, -0.2) is 4.99 Å². The molecule has 1 aromatic carbocycles. The summed E-state index contributed by atoms with van der Waals surface area (Å²) in [6.45, 7) is 0.652. The lowest BCUT2D eigenvalue weighted by Crippen LogP contribution is -2.32. The van der Waals surface area contributed by atoms with Crippen molar-refractivity contribution in [3.63, 3.8) is 0 Å². The van der Waals surface area contributed by atoms with Crippen LogP contribution in [0.5, 0.6) is 0 Å². The summed E-state index contributed by atoms with van der Waals surface area (Å²) in [5.41, 5.74) is 1.82. The van der Waals surface area contributed by atoms with Crippen molar-refractivity contribution in [1.82, 2.24) is 10.2 Å². The van der Waals surface area contributed by atoms with Crippen molar-refractivity contribution in [2.24, 2.45) is 9.98 Å². The van der Waals surface area contributed by atoms with E-state index >= 15 is 0 Å². The highest BCUT2D eigenvalue weighted by molar-refractivity contribution is 9.11. The zero-order valence-electron chi connectivity index (χ0n) is 12.2. The summed E-state index contributed by atoms with van der Waals surface area (Å²) in [5, 5.41) is 3.62. The summed E-state index contributed by atoms with van der Waals surface area (Å²) in [4.78, 5) is 22.9. The van der Waals surface area contributed by atoms with Crippen molar-refractivity contribution in [2.45, 2.75) is 24.9 Å². The molecule has 2 heterocycles. The van der Waals surface area contributed by atoms with Crippen LogP contribution >= 0.6 is 28.6 Å². The Hall–Kier alpha value is -1.60. The van der Waals surface area contributed by atoms with E-state index in [0.29, 0.717) is 23.2 Å². The number of hydrogen-bond acceptors (Lipinski definition) is 4. The summed E-state index contributed by atoms with van der Waals surface area (Å²) in [5.74, 6) is 0.796. The third-order valence-electron chi connectivity index (χ3n) is 4.12. The Kier molecular flexibility index (Phi) is 3.77. The van der Waals surface area contributed by atoms with E-state index in [4.69, 9.17) is 0 Å². The number of fused-ring (bicyclic) bond motifs is 1. The van der Waals surface area contributed by atoms with Crippen LogP contribution < -0.4 is 5.32 Å². The average molecular weight is 391 g/mol. The number of halogens is 1. The normalized spacial score (nSPS) is 23.0. The molecule has 118 valence electrons. The molecule has 1 fully saturated rings. The summed E-state index contributed by atoms with van der Waals surface area (Å²) >= 11 is 7.78. The third-order valence-corrected chi connectivity index (χ3v) is 4.80. The highest BCUT2D eigenvalue weighted by atomic mass is 79.9. The molecule has 1 saturated carbocycles. The van der Waals surface area contributed by atoms with E-state index in [1.807, 2.05) is 30.5 Å². The summed E-state index contributed by atoms with van der Waals surface area (Å²) in [6.07, 6.45) is 4.11. The molecule has 5 nitrogen and oxygen atoms in total. The first-order valence-corrected chi connectivity index (χ1v) is 8.75. The van der Waals surface area contributed by atoms with Gasteiger partial charge >= 0.3 is 0 Å². The molecular weight excluding hydrogens is 376 g/mol. The van der Waals surface area contributed by atoms with Gasteiger partial charge in [0.15, 0.2) is 5.84 Å². The van der Waals surface area contributed by atoms with Crippen molar-refractivity contribution in [3.8, 4) is 0 Å². The molecule has 7 heteroatoms. The standard InChI is InChI=1S/C16H15BrN4OS/c17-13-8-21-12(7-18-14(21)16(23)20-13)9-1-3-10(4-2-9)15(22)19-11-5-6-11/h1-4,8,11-12H,5-7H2,(H,19,22)(H,20,23). The molecule has 1 aliphatic carbocycles. The zero-order chi connectivity index (χ0) is 16.0. The van der Waals surface area contributed by atoms with Crippen LogP contribution in [0.4, 0.5) is 0 Å². The van der Waals surface area contributed by atoms with Crippen molar-refractivity contribution < 1.29 is 4.79 Å². The maximum absolute atomic E-state index is 12.1. The van der Waals surface area contributed by atoms with Crippen LogP contribution in [0.2, 0.25) is 0 Å². The van der Waals surface area contributed by atoms with Gasteiger partial charge < -0.3 is 10.2 Å². The summed E-state index contributed by atoms with van der Waals surface area (Å²) < 4.78 is 0.730. The number of nitrogens with zero attached hydrogens (tertiary/aromatic N) is 3. The van der Waals surface area contributed by atoms with Gasteiger partial charge in [0, 0.05) is 17.8 Å². The van der Waals surface area contributed by atoms with Crippen molar-refractivity contribution in [1.29, 1.82) is 0 Å². The second-order valence-electron chi connectivity index (χ2n) is 5.84. The molecule has 1 aromatic rings. The molecule has 0 saturated heterocycles. The van der Waals surface area contributed by atoms with Gasteiger partial charge in [-0.2, -0.15) is 0 Å². The molecule has 3 aliphatic rings. The number of aliphatic imine (C=N–C) groups is 2. The minimum atomic E-state index is 0.00722. The number of amides is 1. The largest absolute Gasteiger partial charge is 0.349 e. The first-order valence-electron chi connectivity index (χ1n) is 7.51. The predicted molar refractivity (Wildman–Crippen MR) is 97.2 cm³/mol. The van der Waals surface area contributed by atoms with Gasteiger partial charge in [-0.15, -0.1) is 12.6 Å². The average Bonchev–Trinajstić information content (AvgIpc) is 3.24. The van der Waals surface area contributed by atoms with E-state index in [2.05, 4.69) is 48.8 Å². The number of thiol groups is 1. The van der Waals surface area contributed by atoms with Crippen LogP contribution in [0, 0.1) is 0 Å². The Bertz CT molecular complexity index is 752. The fourth-order valence-corrected chi connectivity index (χ4v) is 3.57. The van der Waals surface area contributed by atoms with Crippen LogP contribution in [0.15, 0.2) is 45.1 Å². The number of hydrogen-bond donors (Lipinski definition) is 2. The van der Waals surface area contributed by atoms with Crippen molar-refractivity contribution >= 4 is 45.3 Å². The quantitative estimate of drug-likeness (QED) is 0.615. The van der Waals surface area contributed by atoms with E-state index in [9.17, 15) is 4.79 Å². The summed E-state index contributed by atoms with van der Waals surface area (Å²) in [7, 11) is 0. The lowest BCUT2D eigenvalue weighted by atomic mass is 10.0. The van der Waals surface area contributed by atoms with Crippen LogP contribution in [0.25, 0.3) is 0 Å². The third kappa shape index (κ3) is 2.95. The van der Waals surface area contributed by atoms with Crippen LogP contribution in [0.1, 0.15) is 34.8 Å². The number of carbonyl (C=O) groups is 1. The SMILES string of the molecule is O=C(NC1CC1)c1ccc(C2CN=C3C(S)=NC(Br)=CN32)cc1. The molecule has 1 atom stereocenters. The Morgan fingerprint density at radius 2 is 2.04 bits per heavy atom. The highest BCUT2D eigenvalue weighted by Gasteiger charge is 2.32. The molecular formula is C16H15BrN4OS. The second-order valence-corrected chi connectivity index (χ2v) is 7.08. The first kappa shape index (κ1) is 15.0. The Morgan fingerprint density at radius 1 is 1.30 bits per heavy atom. The Morgan fingerprint density at radius 3 is 2.74 bits per heavy atom. The Balaban J connectivity index is 1.53. The fraction of sp³-hybridized carbons (Fsp3) is 0.312. The summed E-state index contributed by atoms with van der Waals surface area (Å²) in [6, 6.07) is 8.23. The van der Waals surface area contributed by atoms with E-state index in [0.717, 1.165) is 28.8 Å². The van der Waals surface area contributed by atoms with E-state index in [1.165, 1.54) is 0 Å². The lowest BCUT2D eigenvalue weighted by Gasteiger charge is -2.26. The molecule has 23 heavy (non-hydrogen) atoms. The zero-order valence-corrected chi connectivity index (χ0v) is 14.7. The maximum Gasteiger partial charge on any atom is 0.251 e. The number of benzene rings is 1. The smallest absolute Gasteiger partial charge is 0.251 e. The van der Waals surface area contributed by atoms with E-state index in [1.54, 1.807) is 0 Å². The number of rotatable bonds is 3. The van der Waals surface area contributed by atoms with Crippen LogP contribution in [-0.4, -0.2) is 34.3 Å². The molecule has 0 spiro atoms.